The molecule has 1 unspecified atom stereocenters. The van der Waals surface area contributed by atoms with Crippen molar-refractivity contribution in [2.75, 3.05) is 31.1 Å². The van der Waals surface area contributed by atoms with Gasteiger partial charge in [-0.3, -0.25) is 4.79 Å². The van der Waals surface area contributed by atoms with Crippen LogP contribution in [0.15, 0.2) is 41.0 Å². The monoisotopic (exact) mass is 387 g/mol. The number of nitrogens with zero attached hydrogens (tertiary/aromatic N) is 2. The molecule has 1 aliphatic rings. The number of Topliss-reactive ketones (excluding diaryl/α,β-unsaturated/α-hetero) is 1. The number of urea groups is 1. The molecule has 1 N–H and O–H groups in total. The van der Waals surface area contributed by atoms with E-state index in [0.29, 0.717) is 37.4 Å². The van der Waals surface area contributed by atoms with Gasteiger partial charge in [-0.1, -0.05) is 0 Å². The number of nitrogens with one attached hydrogen (secondary N) is 1. The number of piperazine rings is 1. The largest absolute Gasteiger partial charge is 0.469 e. The van der Waals surface area contributed by atoms with E-state index >= 15 is 0 Å². The van der Waals surface area contributed by atoms with Crippen molar-refractivity contribution in [3.8, 4) is 0 Å². The molecule has 1 aromatic heterocycles. The van der Waals surface area contributed by atoms with E-state index in [1.807, 2.05) is 24.0 Å². The van der Waals surface area contributed by atoms with Gasteiger partial charge in [-0.05, 0) is 50.6 Å². The smallest absolute Gasteiger partial charge is 0.317 e. The second kappa shape index (κ2) is 8.91. The summed E-state index contributed by atoms with van der Waals surface area (Å²) in [5, 5.41) is 3.01. The van der Waals surface area contributed by atoms with Gasteiger partial charge in [0.05, 0.1) is 12.0 Å². The molecule has 7 heteroatoms. The lowest BCUT2D eigenvalue weighted by Crippen LogP contribution is -2.53. The molecule has 1 fully saturated rings. The second-order valence-corrected chi connectivity index (χ2v) is 7.17. The maximum atomic E-state index is 14.3. The Hall–Kier alpha value is -2.83. The maximum Gasteiger partial charge on any atom is 0.317 e. The lowest BCUT2D eigenvalue weighted by Gasteiger charge is -2.36. The zero-order chi connectivity index (χ0) is 20.1. The van der Waals surface area contributed by atoms with Crippen molar-refractivity contribution in [3.05, 3.63) is 53.7 Å². The number of amides is 2. The lowest BCUT2D eigenvalue weighted by molar-refractivity contribution is 0.101. The zero-order valence-corrected chi connectivity index (χ0v) is 16.3. The van der Waals surface area contributed by atoms with Gasteiger partial charge in [0.2, 0.25) is 0 Å². The third-order valence-electron chi connectivity index (χ3n) is 5.04. The molecule has 2 amide bonds. The van der Waals surface area contributed by atoms with Crippen LogP contribution in [0.25, 0.3) is 0 Å². The molecule has 1 aliphatic heterocycles. The third kappa shape index (κ3) is 4.91. The number of halogens is 1. The molecule has 0 radical (unpaired) electrons. The number of benzene rings is 1. The number of aryl methyl sites for hydroxylation is 1. The highest BCUT2D eigenvalue weighted by molar-refractivity contribution is 5.94. The van der Waals surface area contributed by atoms with Crippen LogP contribution in [0.5, 0.6) is 0 Å². The predicted octanol–water partition coefficient (Wildman–Crippen LogP) is 3.47. The summed E-state index contributed by atoms with van der Waals surface area (Å²) in [5.74, 6) is 0.345. The number of hydrogen-bond donors (Lipinski definition) is 1. The minimum absolute atomic E-state index is 0.0344. The van der Waals surface area contributed by atoms with E-state index in [2.05, 4.69) is 5.32 Å². The lowest BCUT2D eigenvalue weighted by atomic mass is 10.1. The molecular formula is C21H26FN3O3. The molecule has 2 aromatic rings. The zero-order valence-electron chi connectivity index (χ0n) is 16.3. The Morgan fingerprint density at radius 3 is 2.57 bits per heavy atom. The van der Waals surface area contributed by atoms with Crippen LogP contribution in [0.1, 0.15) is 36.4 Å². The summed E-state index contributed by atoms with van der Waals surface area (Å²) in [6.07, 6.45) is 3.22. The Morgan fingerprint density at radius 2 is 1.96 bits per heavy atom. The molecule has 1 aromatic carbocycles. The summed E-state index contributed by atoms with van der Waals surface area (Å²) < 4.78 is 19.6. The Bertz CT molecular complexity index is 814. The molecule has 6 nitrogen and oxygen atoms in total. The fourth-order valence-corrected chi connectivity index (χ4v) is 3.32. The summed E-state index contributed by atoms with van der Waals surface area (Å²) in [6.45, 7) is 5.52. The van der Waals surface area contributed by atoms with Crippen molar-refractivity contribution in [1.82, 2.24) is 10.2 Å². The molecule has 0 spiro atoms. The van der Waals surface area contributed by atoms with Crippen LogP contribution in [0.3, 0.4) is 0 Å². The van der Waals surface area contributed by atoms with Gasteiger partial charge in [0.15, 0.2) is 5.78 Å². The molecule has 3 rings (SSSR count). The van der Waals surface area contributed by atoms with Crippen LogP contribution in [-0.4, -0.2) is 48.9 Å². The van der Waals surface area contributed by atoms with Crippen molar-refractivity contribution < 1.29 is 18.4 Å². The van der Waals surface area contributed by atoms with Crippen molar-refractivity contribution >= 4 is 17.5 Å². The predicted molar refractivity (Wildman–Crippen MR) is 105 cm³/mol. The maximum absolute atomic E-state index is 14.3. The quantitative estimate of drug-likeness (QED) is 0.771. The molecule has 1 atom stereocenters. The Balaban J connectivity index is 1.48. The molecule has 0 saturated carbocycles. The van der Waals surface area contributed by atoms with Gasteiger partial charge in [-0.25, -0.2) is 9.18 Å². The molecule has 0 bridgehead atoms. The van der Waals surface area contributed by atoms with E-state index in [4.69, 9.17) is 4.42 Å². The van der Waals surface area contributed by atoms with E-state index in [1.54, 1.807) is 23.3 Å². The average Bonchev–Trinajstić information content (AvgIpc) is 3.20. The first-order valence-electron chi connectivity index (χ1n) is 9.57. The van der Waals surface area contributed by atoms with E-state index < -0.39 is 5.82 Å². The van der Waals surface area contributed by atoms with Gasteiger partial charge in [-0.15, -0.1) is 0 Å². The van der Waals surface area contributed by atoms with Crippen molar-refractivity contribution in [1.29, 1.82) is 0 Å². The molecule has 0 aliphatic carbocycles. The first kappa shape index (κ1) is 19.9. The summed E-state index contributed by atoms with van der Waals surface area (Å²) >= 11 is 0. The van der Waals surface area contributed by atoms with Crippen LogP contribution < -0.4 is 10.2 Å². The average molecular weight is 387 g/mol. The Labute approximate surface area is 164 Å². The van der Waals surface area contributed by atoms with Gasteiger partial charge in [0, 0.05) is 44.2 Å². The van der Waals surface area contributed by atoms with Gasteiger partial charge in [0.25, 0.3) is 0 Å². The number of carbonyl (C=O) groups is 2. The molecule has 150 valence electrons. The van der Waals surface area contributed by atoms with Crippen LogP contribution in [0, 0.1) is 5.82 Å². The van der Waals surface area contributed by atoms with Gasteiger partial charge < -0.3 is 19.5 Å². The highest BCUT2D eigenvalue weighted by Crippen LogP contribution is 2.22. The van der Waals surface area contributed by atoms with Crippen LogP contribution in [0.2, 0.25) is 0 Å². The highest BCUT2D eigenvalue weighted by Gasteiger charge is 2.24. The summed E-state index contributed by atoms with van der Waals surface area (Å²) in [6, 6.07) is 8.27. The molecule has 1 saturated heterocycles. The van der Waals surface area contributed by atoms with Gasteiger partial charge >= 0.3 is 6.03 Å². The minimum atomic E-state index is -0.405. The minimum Gasteiger partial charge on any atom is -0.469 e. The van der Waals surface area contributed by atoms with Crippen molar-refractivity contribution in [3.63, 3.8) is 0 Å². The van der Waals surface area contributed by atoms with Crippen LogP contribution >= 0.6 is 0 Å². The van der Waals surface area contributed by atoms with E-state index in [0.717, 1.165) is 18.6 Å². The number of anilines is 1. The summed E-state index contributed by atoms with van der Waals surface area (Å²) in [5.41, 5.74) is 0.833. The van der Waals surface area contributed by atoms with E-state index in [1.165, 1.54) is 13.0 Å². The standard InChI is InChI=1S/C21H26FN3O3/c1-15(5-7-18-4-3-13-28-18)23-21(27)25-11-9-24(10-12-25)20-8-6-17(16(2)26)14-19(20)22/h3-4,6,8,13-15H,5,7,9-12H2,1-2H3,(H,23,27). The number of rotatable bonds is 6. The fraction of sp³-hybridized carbons (Fsp3) is 0.429. The van der Waals surface area contributed by atoms with Gasteiger partial charge in [-0.2, -0.15) is 0 Å². The normalized spacial score (nSPS) is 15.4. The summed E-state index contributed by atoms with van der Waals surface area (Å²) in [7, 11) is 0. The van der Waals surface area contributed by atoms with E-state index in [-0.39, 0.29) is 17.9 Å². The van der Waals surface area contributed by atoms with E-state index in [9.17, 15) is 14.0 Å². The number of furan rings is 1. The topological polar surface area (TPSA) is 65.8 Å². The molecule has 2 heterocycles. The van der Waals surface area contributed by atoms with Crippen LogP contribution in [0.4, 0.5) is 14.9 Å². The highest BCUT2D eigenvalue weighted by atomic mass is 19.1. The number of hydrogen-bond acceptors (Lipinski definition) is 4. The van der Waals surface area contributed by atoms with Crippen LogP contribution in [-0.2, 0) is 6.42 Å². The molecule has 28 heavy (non-hydrogen) atoms. The Kier molecular flexibility index (Phi) is 6.34. The van der Waals surface area contributed by atoms with Gasteiger partial charge in [0.1, 0.15) is 11.6 Å². The van der Waals surface area contributed by atoms with Crippen molar-refractivity contribution in [2.24, 2.45) is 0 Å². The first-order chi connectivity index (χ1) is 13.4. The number of carbonyl (C=O) groups excluding carboxylic acids is 2. The molecular weight excluding hydrogens is 361 g/mol. The second-order valence-electron chi connectivity index (χ2n) is 7.17. The number of ketones is 1. The summed E-state index contributed by atoms with van der Waals surface area (Å²) in [4.78, 5) is 27.5. The SMILES string of the molecule is CC(=O)c1ccc(N2CCN(C(=O)NC(C)CCc3ccco3)CC2)c(F)c1. The first-order valence-corrected chi connectivity index (χ1v) is 9.57. The van der Waals surface area contributed by atoms with Crippen molar-refractivity contribution in [2.45, 2.75) is 32.7 Å². The third-order valence-corrected chi connectivity index (χ3v) is 5.04. The Morgan fingerprint density at radius 1 is 1.21 bits per heavy atom. The fourth-order valence-electron chi connectivity index (χ4n) is 3.32.